The molecule has 0 amide bonds. The Morgan fingerprint density at radius 1 is 0.326 bits per heavy atom. The monoisotopic (exact) mass is 603 g/mol. The van der Waals surface area contributed by atoms with E-state index in [1.165, 1.54) is 64.0 Å². The molecular weight excluding hydrogens is 575 g/mol. The first kappa shape index (κ1) is 26.7. The smallest absolute Gasteiger partial charge is 0.0468 e. The van der Waals surface area contributed by atoms with Crippen molar-refractivity contribution in [3.05, 3.63) is 176 Å². The number of thiophene rings is 1. The van der Waals surface area contributed by atoms with Gasteiger partial charge in [0, 0.05) is 37.2 Å². The van der Waals surface area contributed by atoms with Crippen molar-refractivity contribution in [1.82, 2.24) is 0 Å². The van der Waals surface area contributed by atoms with Gasteiger partial charge in [-0.15, -0.1) is 11.3 Å². The first-order chi connectivity index (χ1) is 22.8. The van der Waals surface area contributed by atoms with Crippen molar-refractivity contribution < 1.29 is 0 Å². The van der Waals surface area contributed by atoms with E-state index in [0.29, 0.717) is 0 Å². The summed E-state index contributed by atoms with van der Waals surface area (Å²) in [6.07, 6.45) is 0. The predicted octanol–water partition coefficient (Wildman–Crippen LogP) is 13.2. The van der Waals surface area contributed by atoms with Crippen LogP contribution >= 0.6 is 11.3 Å². The van der Waals surface area contributed by atoms with Crippen molar-refractivity contribution in [2.45, 2.75) is 0 Å². The largest absolute Gasteiger partial charge is 0.310 e. The first-order valence-electron chi connectivity index (χ1n) is 15.7. The number of hydrogen-bond acceptors (Lipinski definition) is 2. The highest BCUT2D eigenvalue weighted by Gasteiger charge is 2.16. The van der Waals surface area contributed by atoms with Gasteiger partial charge in [-0.1, -0.05) is 127 Å². The Morgan fingerprint density at radius 2 is 0.935 bits per heavy atom. The number of anilines is 3. The van der Waals surface area contributed by atoms with Gasteiger partial charge >= 0.3 is 0 Å². The van der Waals surface area contributed by atoms with Crippen LogP contribution in [0.25, 0.3) is 64.0 Å². The van der Waals surface area contributed by atoms with Crippen LogP contribution in [-0.2, 0) is 0 Å². The van der Waals surface area contributed by atoms with E-state index in [2.05, 4.69) is 181 Å². The minimum atomic E-state index is 1.12. The average molecular weight is 604 g/mol. The molecule has 0 aliphatic heterocycles. The highest BCUT2D eigenvalue weighted by molar-refractivity contribution is 7.25. The Bertz CT molecular complexity index is 2550. The summed E-state index contributed by atoms with van der Waals surface area (Å²) in [7, 11) is 0. The number of hydrogen-bond donors (Lipinski definition) is 0. The van der Waals surface area contributed by atoms with Crippen molar-refractivity contribution in [3.8, 4) is 22.3 Å². The lowest BCUT2D eigenvalue weighted by atomic mass is 9.97. The van der Waals surface area contributed by atoms with Gasteiger partial charge in [-0.05, 0) is 92.3 Å². The van der Waals surface area contributed by atoms with Gasteiger partial charge in [-0.3, -0.25) is 0 Å². The summed E-state index contributed by atoms with van der Waals surface area (Å²) in [5, 5.41) is 7.63. The van der Waals surface area contributed by atoms with E-state index in [0.717, 1.165) is 17.1 Å². The molecule has 0 atom stereocenters. The third-order valence-electron chi connectivity index (χ3n) is 9.01. The first-order valence-corrected chi connectivity index (χ1v) is 16.5. The van der Waals surface area contributed by atoms with Crippen molar-refractivity contribution in [2.75, 3.05) is 4.90 Å². The summed E-state index contributed by atoms with van der Waals surface area (Å²) in [5.74, 6) is 0. The third-order valence-corrected chi connectivity index (χ3v) is 10.1. The second-order valence-corrected chi connectivity index (χ2v) is 12.9. The van der Waals surface area contributed by atoms with Gasteiger partial charge in [0.1, 0.15) is 0 Å². The Hall–Kier alpha value is -5.70. The van der Waals surface area contributed by atoms with E-state index in [-0.39, 0.29) is 0 Å². The minimum absolute atomic E-state index is 1.12. The zero-order valence-electron chi connectivity index (χ0n) is 25.1. The van der Waals surface area contributed by atoms with Crippen molar-refractivity contribution in [1.29, 1.82) is 0 Å². The topological polar surface area (TPSA) is 3.24 Å². The Morgan fingerprint density at radius 3 is 1.80 bits per heavy atom. The molecule has 46 heavy (non-hydrogen) atoms. The van der Waals surface area contributed by atoms with E-state index < -0.39 is 0 Å². The second kappa shape index (κ2) is 11.0. The SMILES string of the molecule is c1cc(-c2ccc3c(c2)sc2ccccc23)cc(N(c2cccc(-c3cccc4ccccc34)c2)c2ccc3ccccc3c2)c1. The molecule has 0 fully saturated rings. The van der Waals surface area contributed by atoms with E-state index in [1.54, 1.807) is 0 Å². The highest BCUT2D eigenvalue weighted by atomic mass is 32.1. The summed E-state index contributed by atoms with van der Waals surface area (Å²) in [4.78, 5) is 2.39. The van der Waals surface area contributed by atoms with Crippen molar-refractivity contribution >= 4 is 70.1 Å². The number of benzene rings is 8. The maximum absolute atomic E-state index is 2.39. The fraction of sp³-hybridized carbons (Fsp3) is 0. The van der Waals surface area contributed by atoms with Crippen LogP contribution in [0.2, 0.25) is 0 Å². The summed E-state index contributed by atoms with van der Waals surface area (Å²) in [6.45, 7) is 0. The molecule has 9 aromatic rings. The zero-order chi connectivity index (χ0) is 30.5. The van der Waals surface area contributed by atoms with Crippen LogP contribution in [0.5, 0.6) is 0 Å². The molecular formula is C44H29NS. The molecule has 1 aromatic heterocycles. The van der Waals surface area contributed by atoms with Crippen LogP contribution in [0.15, 0.2) is 176 Å². The predicted molar refractivity (Wildman–Crippen MR) is 200 cm³/mol. The third kappa shape index (κ3) is 4.63. The fourth-order valence-electron chi connectivity index (χ4n) is 6.78. The van der Waals surface area contributed by atoms with E-state index in [1.807, 2.05) is 11.3 Å². The second-order valence-electron chi connectivity index (χ2n) is 11.8. The maximum atomic E-state index is 2.39. The standard InChI is InChI=1S/C44H29NS/c1-2-12-32-26-38(24-22-30(32)10-1)45(37-17-8-15-35(28-37)40-20-9-13-31-11-3-4-18-39(31)40)36-16-7-14-33(27-36)34-23-25-42-41-19-5-6-21-43(41)46-44(42)29-34/h1-29H. The molecule has 1 nitrogen and oxygen atoms in total. The molecule has 0 saturated carbocycles. The van der Waals surface area contributed by atoms with Gasteiger partial charge in [-0.2, -0.15) is 0 Å². The average Bonchev–Trinajstić information content (AvgIpc) is 3.50. The Kier molecular flexibility index (Phi) is 6.40. The quantitative estimate of drug-likeness (QED) is 0.189. The molecule has 0 aliphatic rings. The molecule has 0 aliphatic carbocycles. The lowest BCUT2D eigenvalue weighted by Crippen LogP contribution is -2.10. The van der Waals surface area contributed by atoms with Crippen LogP contribution in [0.1, 0.15) is 0 Å². The van der Waals surface area contributed by atoms with Crippen LogP contribution < -0.4 is 4.90 Å². The van der Waals surface area contributed by atoms with Crippen molar-refractivity contribution in [3.63, 3.8) is 0 Å². The molecule has 0 N–H and O–H groups in total. The van der Waals surface area contributed by atoms with Gasteiger partial charge in [-0.25, -0.2) is 0 Å². The maximum Gasteiger partial charge on any atom is 0.0468 e. The molecule has 0 radical (unpaired) electrons. The molecule has 0 spiro atoms. The van der Waals surface area contributed by atoms with Crippen molar-refractivity contribution in [2.24, 2.45) is 0 Å². The molecule has 2 heteroatoms. The van der Waals surface area contributed by atoms with Crippen LogP contribution in [0, 0.1) is 0 Å². The van der Waals surface area contributed by atoms with Gasteiger partial charge in [0.25, 0.3) is 0 Å². The molecule has 216 valence electrons. The van der Waals surface area contributed by atoms with E-state index in [9.17, 15) is 0 Å². The molecule has 9 rings (SSSR count). The van der Waals surface area contributed by atoms with Crippen LogP contribution in [0.3, 0.4) is 0 Å². The van der Waals surface area contributed by atoms with Crippen LogP contribution in [0.4, 0.5) is 17.1 Å². The van der Waals surface area contributed by atoms with E-state index >= 15 is 0 Å². The zero-order valence-corrected chi connectivity index (χ0v) is 25.9. The number of rotatable bonds is 5. The molecule has 1 heterocycles. The lowest BCUT2D eigenvalue weighted by molar-refractivity contribution is 1.29. The fourth-order valence-corrected chi connectivity index (χ4v) is 7.93. The number of nitrogens with zero attached hydrogens (tertiary/aromatic N) is 1. The van der Waals surface area contributed by atoms with Gasteiger partial charge in [0.15, 0.2) is 0 Å². The summed E-state index contributed by atoms with van der Waals surface area (Å²) in [5.41, 5.74) is 8.25. The molecule has 0 bridgehead atoms. The lowest BCUT2D eigenvalue weighted by Gasteiger charge is -2.27. The molecule has 0 unspecified atom stereocenters. The Labute approximate surface area is 272 Å². The van der Waals surface area contributed by atoms with Gasteiger partial charge in [0.05, 0.1) is 0 Å². The van der Waals surface area contributed by atoms with Gasteiger partial charge < -0.3 is 4.90 Å². The van der Waals surface area contributed by atoms with Gasteiger partial charge in [0.2, 0.25) is 0 Å². The summed E-state index contributed by atoms with van der Waals surface area (Å²) in [6, 6.07) is 64.1. The normalized spacial score (nSPS) is 11.5. The Balaban J connectivity index is 1.20. The van der Waals surface area contributed by atoms with Crippen LogP contribution in [-0.4, -0.2) is 0 Å². The number of fused-ring (bicyclic) bond motifs is 5. The molecule has 8 aromatic carbocycles. The molecule has 0 saturated heterocycles. The summed E-state index contributed by atoms with van der Waals surface area (Å²) >= 11 is 1.87. The highest BCUT2D eigenvalue weighted by Crippen LogP contribution is 2.41. The minimum Gasteiger partial charge on any atom is -0.310 e. The summed E-state index contributed by atoms with van der Waals surface area (Å²) < 4.78 is 2.65. The van der Waals surface area contributed by atoms with E-state index in [4.69, 9.17) is 0 Å².